The van der Waals surface area contributed by atoms with Crippen LogP contribution in [0.3, 0.4) is 0 Å². The molecular formula is C17H18O3. The van der Waals surface area contributed by atoms with E-state index in [2.05, 4.69) is 0 Å². The fourth-order valence-electron chi connectivity index (χ4n) is 2.64. The first-order valence-electron chi connectivity index (χ1n) is 6.83. The summed E-state index contributed by atoms with van der Waals surface area (Å²) < 4.78 is 11.1. The van der Waals surface area contributed by atoms with E-state index in [1.165, 1.54) is 5.56 Å². The fraction of sp³-hybridized carbons (Fsp3) is 0.294. The Hall–Kier alpha value is -2.00. The van der Waals surface area contributed by atoms with Crippen molar-refractivity contribution in [1.29, 1.82) is 0 Å². The van der Waals surface area contributed by atoms with Crippen molar-refractivity contribution < 1.29 is 14.6 Å². The van der Waals surface area contributed by atoms with Gasteiger partial charge in [-0.1, -0.05) is 24.3 Å². The normalized spacial score (nSPS) is 16.8. The molecule has 0 aromatic heterocycles. The maximum absolute atomic E-state index is 9.79. The van der Waals surface area contributed by atoms with E-state index in [0.717, 1.165) is 35.5 Å². The minimum atomic E-state index is -0.312. The molecular weight excluding hydrogens is 252 g/mol. The fourth-order valence-corrected chi connectivity index (χ4v) is 2.64. The summed E-state index contributed by atoms with van der Waals surface area (Å²) in [6.45, 7) is 0.478. The minimum absolute atomic E-state index is 0.312. The minimum Gasteiger partial charge on any atom is -0.496 e. The highest BCUT2D eigenvalue weighted by molar-refractivity contribution is 5.40. The molecule has 20 heavy (non-hydrogen) atoms. The lowest BCUT2D eigenvalue weighted by Crippen LogP contribution is -1.99. The van der Waals surface area contributed by atoms with Crippen molar-refractivity contribution in [2.24, 2.45) is 0 Å². The van der Waals surface area contributed by atoms with E-state index in [0.29, 0.717) is 6.61 Å². The second-order valence-corrected chi connectivity index (χ2v) is 5.02. The summed E-state index contributed by atoms with van der Waals surface area (Å²) in [5.41, 5.74) is 3.25. The van der Waals surface area contributed by atoms with Gasteiger partial charge in [-0.15, -0.1) is 0 Å². The highest BCUT2D eigenvalue weighted by Crippen LogP contribution is 2.33. The van der Waals surface area contributed by atoms with E-state index in [1.807, 2.05) is 42.5 Å². The Bertz CT molecular complexity index is 607. The smallest absolute Gasteiger partial charge is 0.125 e. The summed E-state index contributed by atoms with van der Waals surface area (Å²) in [5, 5.41) is 9.79. The van der Waals surface area contributed by atoms with Crippen molar-refractivity contribution in [3.8, 4) is 11.5 Å². The third-order valence-electron chi connectivity index (χ3n) is 3.75. The van der Waals surface area contributed by atoms with E-state index in [1.54, 1.807) is 7.11 Å². The zero-order valence-corrected chi connectivity index (χ0v) is 11.5. The van der Waals surface area contributed by atoms with Gasteiger partial charge < -0.3 is 14.6 Å². The van der Waals surface area contributed by atoms with Crippen molar-refractivity contribution in [3.05, 3.63) is 59.2 Å². The quantitative estimate of drug-likeness (QED) is 0.926. The lowest BCUT2D eigenvalue weighted by molar-refractivity contribution is 0.180. The van der Waals surface area contributed by atoms with Crippen LogP contribution in [0.15, 0.2) is 42.5 Å². The molecule has 1 aliphatic carbocycles. The molecule has 104 valence electrons. The van der Waals surface area contributed by atoms with Gasteiger partial charge in [0.25, 0.3) is 0 Å². The van der Waals surface area contributed by atoms with E-state index in [-0.39, 0.29) is 6.10 Å². The van der Waals surface area contributed by atoms with Gasteiger partial charge >= 0.3 is 0 Å². The molecule has 0 spiro atoms. The number of aliphatic hydroxyl groups is 1. The second kappa shape index (κ2) is 5.55. The molecule has 3 heteroatoms. The maximum Gasteiger partial charge on any atom is 0.125 e. The summed E-state index contributed by atoms with van der Waals surface area (Å²) >= 11 is 0. The average Bonchev–Trinajstić information content (AvgIpc) is 2.86. The van der Waals surface area contributed by atoms with Crippen LogP contribution in [-0.2, 0) is 13.0 Å². The number of fused-ring (bicyclic) bond motifs is 1. The Labute approximate surface area is 118 Å². The highest BCUT2D eigenvalue weighted by Gasteiger charge is 2.20. The van der Waals surface area contributed by atoms with Crippen LogP contribution in [0.25, 0.3) is 0 Å². The SMILES string of the molecule is COc1ccccc1COc1ccc2c(c1)CCC2O. The van der Waals surface area contributed by atoms with Crippen molar-refractivity contribution in [3.63, 3.8) is 0 Å². The maximum atomic E-state index is 9.79. The van der Waals surface area contributed by atoms with Gasteiger partial charge in [0.2, 0.25) is 0 Å². The Morgan fingerprint density at radius 3 is 2.90 bits per heavy atom. The number of aliphatic hydroxyl groups excluding tert-OH is 1. The Balaban J connectivity index is 1.73. The molecule has 0 saturated heterocycles. The number of hydrogen-bond acceptors (Lipinski definition) is 3. The first-order chi connectivity index (χ1) is 9.78. The summed E-state index contributed by atoms with van der Waals surface area (Å²) in [5.74, 6) is 1.67. The zero-order valence-electron chi connectivity index (χ0n) is 11.5. The molecule has 1 unspecified atom stereocenters. The summed E-state index contributed by atoms with van der Waals surface area (Å²) in [7, 11) is 1.66. The summed E-state index contributed by atoms with van der Waals surface area (Å²) in [4.78, 5) is 0. The molecule has 2 aromatic carbocycles. The van der Waals surface area contributed by atoms with Gasteiger partial charge in [0.1, 0.15) is 18.1 Å². The molecule has 1 aliphatic rings. The van der Waals surface area contributed by atoms with E-state index in [4.69, 9.17) is 9.47 Å². The first kappa shape index (κ1) is 13.0. The first-order valence-corrected chi connectivity index (χ1v) is 6.83. The topological polar surface area (TPSA) is 38.7 Å². The highest BCUT2D eigenvalue weighted by atomic mass is 16.5. The molecule has 3 rings (SSSR count). The Morgan fingerprint density at radius 2 is 2.05 bits per heavy atom. The van der Waals surface area contributed by atoms with Crippen LogP contribution in [-0.4, -0.2) is 12.2 Å². The molecule has 3 nitrogen and oxygen atoms in total. The monoisotopic (exact) mass is 270 g/mol. The molecule has 2 aromatic rings. The van der Waals surface area contributed by atoms with Gasteiger partial charge in [-0.25, -0.2) is 0 Å². The van der Waals surface area contributed by atoms with Gasteiger partial charge in [-0.2, -0.15) is 0 Å². The average molecular weight is 270 g/mol. The summed E-state index contributed by atoms with van der Waals surface area (Å²) in [6.07, 6.45) is 1.42. The summed E-state index contributed by atoms with van der Waals surface area (Å²) in [6, 6.07) is 13.8. The number of rotatable bonds is 4. The lowest BCUT2D eigenvalue weighted by Gasteiger charge is -2.11. The van der Waals surface area contributed by atoms with Crippen LogP contribution >= 0.6 is 0 Å². The second-order valence-electron chi connectivity index (χ2n) is 5.02. The number of methoxy groups -OCH3 is 1. The molecule has 0 saturated carbocycles. The van der Waals surface area contributed by atoms with Crippen LogP contribution in [0.2, 0.25) is 0 Å². The third kappa shape index (κ3) is 2.49. The number of ether oxygens (including phenoxy) is 2. The van der Waals surface area contributed by atoms with E-state index in [9.17, 15) is 5.11 Å². The van der Waals surface area contributed by atoms with Crippen molar-refractivity contribution in [2.75, 3.05) is 7.11 Å². The van der Waals surface area contributed by atoms with Gasteiger partial charge in [-0.3, -0.25) is 0 Å². The molecule has 0 amide bonds. The van der Waals surface area contributed by atoms with Gasteiger partial charge in [0, 0.05) is 5.56 Å². The number of hydrogen-bond donors (Lipinski definition) is 1. The van der Waals surface area contributed by atoms with Crippen LogP contribution in [0, 0.1) is 0 Å². The number of benzene rings is 2. The van der Waals surface area contributed by atoms with E-state index < -0.39 is 0 Å². The predicted molar refractivity (Wildman–Crippen MR) is 77.0 cm³/mol. The molecule has 0 aliphatic heterocycles. The van der Waals surface area contributed by atoms with Crippen molar-refractivity contribution >= 4 is 0 Å². The molecule has 0 radical (unpaired) electrons. The van der Waals surface area contributed by atoms with E-state index >= 15 is 0 Å². The largest absolute Gasteiger partial charge is 0.496 e. The predicted octanol–water partition coefficient (Wildman–Crippen LogP) is 3.25. The van der Waals surface area contributed by atoms with Gasteiger partial charge in [0.05, 0.1) is 13.2 Å². The molecule has 0 heterocycles. The molecule has 1 N–H and O–H groups in total. The van der Waals surface area contributed by atoms with Crippen molar-refractivity contribution in [2.45, 2.75) is 25.6 Å². The van der Waals surface area contributed by atoms with Crippen LogP contribution < -0.4 is 9.47 Å². The van der Waals surface area contributed by atoms with Crippen LogP contribution in [0.4, 0.5) is 0 Å². The molecule has 0 bridgehead atoms. The Kier molecular flexibility index (Phi) is 3.61. The standard InChI is InChI=1S/C17H18O3/c1-19-17-5-3-2-4-13(17)11-20-14-7-8-15-12(10-14)6-9-16(15)18/h2-5,7-8,10,16,18H,6,9,11H2,1H3. The molecule has 0 fully saturated rings. The molecule has 1 atom stereocenters. The van der Waals surface area contributed by atoms with Crippen molar-refractivity contribution in [1.82, 2.24) is 0 Å². The van der Waals surface area contributed by atoms with Crippen LogP contribution in [0.5, 0.6) is 11.5 Å². The zero-order chi connectivity index (χ0) is 13.9. The van der Waals surface area contributed by atoms with Gasteiger partial charge in [-0.05, 0) is 42.2 Å². The number of aryl methyl sites for hydroxylation is 1. The third-order valence-corrected chi connectivity index (χ3v) is 3.75. The van der Waals surface area contributed by atoms with Gasteiger partial charge in [0.15, 0.2) is 0 Å². The lowest BCUT2D eigenvalue weighted by atomic mass is 10.1. The van der Waals surface area contributed by atoms with Crippen LogP contribution in [0.1, 0.15) is 29.2 Å². The number of para-hydroxylation sites is 1. The Morgan fingerprint density at radius 1 is 1.20 bits per heavy atom.